The van der Waals surface area contributed by atoms with Crippen LogP contribution in [0.1, 0.15) is 136 Å². The highest BCUT2D eigenvalue weighted by Gasteiger charge is 2.30. The lowest BCUT2D eigenvalue weighted by Crippen LogP contribution is -2.15. The van der Waals surface area contributed by atoms with Crippen LogP contribution in [0.25, 0.3) is 54.6 Å². The van der Waals surface area contributed by atoms with E-state index in [9.17, 15) is 0 Å². The average molecular weight is 937 g/mol. The maximum absolute atomic E-state index is 2.65. The van der Waals surface area contributed by atoms with Gasteiger partial charge in [0.1, 0.15) is 0 Å². The molecule has 0 amide bonds. The van der Waals surface area contributed by atoms with Gasteiger partial charge in [0.2, 0.25) is 0 Å². The number of hydrogen-bond donors (Lipinski definition) is 0. The first kappa shape index (κ1) is 45.9. The van der Waals surface area contributed by atoms with Gasteiger partial charge in [0.15, 0.2) is 0 Å². The second-order valence-electron chi connectivity index (χ2n) is 21.8. The van der Waals surface area contributed by atoms with Crippen molar-refractivity contribution in [2.75, 3.05) is 9.80 Å². The second-order valence-corrected chi connectivity index (χ2v) is 21.8. The minimum absolute atomic E-state index is 0.282. The van der Waals surface area contributed by atoms with Crippen molar-refractivity contribution in [3.8, 4) is 22.3 Å². The summed E-state index contributed by atoms with van der Waals surface area (Å²) in [5.74, 6) is 1.75. The Labute approximate surface area is 428 Å². The molecule has 2 aliphatic carbocycles. The minimum Gasteiger partial charge on any atom is -0.309 e. The Morgan fingerprint density at radius 1 is 0.375 bits per heavy atom. The fourth-order valence-electron chi connectivity index (χ4n) is 13.1. The van der Waals surface area contributed by atoms with Gasteiger partial charge in [0.05, 0.1) is 22.7 Å². The first-order valence-electron chi connectivity index (χ1n) is 27.1. The number of para-hydroxylation sites is 2. The van der Waals surface area contributed by atoms with Crippen LogP contribution in [0, 0.1) is 13.8 Å². The molecule has 2 fully saturated rings. The van der Waals surface area contributed by atoms with Gasteiger partial charge >= 0.3 is 0 Å². The van der Waals surface area contributed by atoms with Crippen molar-refractivity contribution in [2.45, 2.75) is 117 Å². The molecule has 0 heterocycles. The largest absolute Gasteiger partial charge is 0.309 e. The molecule has 0 bridgehead atoms. The highest BCUT2D eigenvalue weighted by atomic mass is 15.2. The minimum atomic E-state index is 0.282. The van der Waals surface area contributed by atoms with Gasteiger partial charge in [-0.05, 0) is 166 Å². The van der Waals surface area contributed by atoms with Crippen LogP contribution in [0.3, 0.4) is 0 Å². The lowest BCUT2D eigenvalue weighted by molar-refractivity contribution is 0.723. The standard InChI is InChI=1S/C70H68N2/c1-45(2)63-43-65(71(55-33-19-31-53(41-55)49-23-13-14-24-49)69-47(5)21-17-35-57(69)51-27-9-7-10-28-51)61-40-38-60-64(46(3)4)44-66(62-39-37-59(63)67(61)68(60)62)72(56-34-20-32-54(42-56)50-25-15-16-26-50)70-48(6)22-18-36-58(70)52-29-11-8-12-30-52/h7-12,17-22,27-46,49-50H,13-16,23-26H2,1-6H3. The molecule has 0 atom stereocenters. The molecule has 0 aromatic heterocycles. The molecule has 0 saturated heterocycles. The van der Waals surface area contributed by atoms with E-state index in [1.54, 1.807) is 0 Å². The number of anilines is 6. The Morgan fingerprint density at radius 2 is 0.750 bits per heavy atom. The van der Waals surface area contributed by atoms with Crippen molar-refractivity contribution in [3.05, 3.63) is 215 Å². The summed E-state index contributed by atoms with van der Waals surface area (Å²) in [6, 6.07) is 70.0. The summed E-state index contributed by atoms with van der Waals surface area (Å²) in [6.07, 6.45) is 10.3. The SMILES string of the molecule is Cc1cccc(-c2ccccc2)c1N(c1cccc(C2CCCC2)c1)c1cc(C(C)C)c2ccc3c(N(c4cccc(C5CCCC5)c4)c4c(C)cccc4-c4ccccc4)cc(C(C)C)c4ccc1c2c43. The van der Waals surface area contributed by atoms with Gasteiger partial charge in [-0.15, -0.1) is 0 Å². The van der Waals surface area contributed by atoms with Crippen molar-refractivity contribution in [1.82, 2.24) is 0 Å². The third-order valence-electron chi connectivity index (χ3n) is 16.6. The van der Waals surface area contributed by atoms with Gasteiger partial charge in [-0.3, -0.25) is 0 Å². The van der Waals surface area contributed by atoms with E-state index in [0.29, 0.717) is 11.8 Å². The van der Waals surface area contributed by atoms with E-state index in [4.69, 9.17) is 0 Å². The van der Waals surface area contributed by atoms with E-state index in [1.165, 1.54) is 173 Å². The summed E-state index contributed by atoms with van der Waals surface area (Å²) in [5, 5.41) is 7.96. The number of hydrogen-bond acceptors (Lipinski definition) is 2. The van der Waals surface area contributed by atoms with Gasteiger partial charge in [-0.25, -0.2) is 0 Å². The van der Waals surface area contributed by atoms with E-state index in [-0.39, 0.29) is 11.8 Å². The Morgan fingerprint density at radius 3 is 1.14 bits per heavy atom. The van der Waals surface area contributed by atoms with E-state index >= 15 is 0 Å². The normalized spacial score (nSPS) is 14.5. The maximum atomic E-state index is 2.65. The van der Waals surface area contributed by atoms with E-state index in [1.807, 2.05) is 0 Å². The molecular formula is C70H68N2. The molecule has 0 N–H and O–H groups in total. The van der Waals surface area contributed by atoms with E-state index in [0.717, 1.165) is 0 Å². The molecule has 0 unspecified atom stereocenters. The number of benzene rings is 10. The third kappa shape index (κ3) is 8.04. The van der Waals surface area contributed by atoms with E-state index in [2.05, 4.69) is 233 Å². The van der Waals surface area contributed by atoms with Gasteiger partial charge < -0.3 is 9.80 Å². The van der Waals surface area contributed by atoms with Gasteiger partial charge in [-0.2, -0.15) is 0 Å². The summed E-state index contributed by atoms with van der Waals surface area (Å²) >= 11 is 0. The van der Waals surface area contributed by atoms with Crippen LogP contribution in [-0.2, 0) is 0 Å². The molecule has 0 aliphatic heterocycles. The zero-order valence-corrected chi connectivity index (χ0v) is 43.2. The highest BCUT2D eigenvalue weighted by Crippen LogP contribution is 2.54. The summed E-state index contributed by atoms with van der Waals surface area (Å²) in [4.78, 5) is 5.30. The molecule has 2 heteroatoms. The van der Waals surface area contributed by atoms with Crippen LogP contribution >= 0.6 is 0 Å². The summed E-state index contributed by atoms with van der Waals surface area (Å²) in [6.45, 7) is 14.2. The molecule has 0 spiro atoms. The summed E-state index contributed by atoms with van der Waals surface area (Å²) < 4.78 is 0. The molecule has 0 radical (unpaired) electrons. The highest BCUT2D eigenvalue weighted by molar-refractivity contribution is 6.29. The third-order valence-corrected chi connectivity index (χ3v) is 16.6. The molecule has 358 valence electrons. The first-order valence-corrected chi connectivity index (χ1v) is 27.1. The Kier molecular flexibility index (Phi) is 12.2. The molecule has 2 saturated carbocycles. The molecule has 10 aromatic rings. The van der Waals surface area contributed by atoms with Crippen LogP contribution < -0.4 is 9.80 Å². The molecule has 12 rings (SSSR count). The fraction of sp³-hybridized carbons (Fsp3) is 0.257. The Bertz CT molecular complexity index is 3330. The molecule has 10 aromatic carbocycles. The predicted octanol–water partition coefficient (Wildman–Crippen LogP) is 21.0. The van der Waals surface area contributed by atoms with Crippen LogP contribution in [0.15, 0.2) is 182 Å². The number of aryl methyl sites for hydroxylation is 2. The van der Waals surface area contributed by atoms with Crippen molar-refractivity contribution in [3.63, 3.8) is 0 Å². The van der Waals surface area contributed by atoms with Crippen molar-refractivity contribution >= 4 is 66.4 Å². The quantitative estimate of drug-likeness (QED) is 0.113. The van der Waals surface area contributed by atoms with Crippen molar-refractivity contribution in [1.29, 1.82) is 0 Å². The molecule has 2 aliphatic rings. The maximum Gasteiger partial charge on any atom is 0.0569 e. The smallest absolute Gasteiger partial charge is 0.0569 e. The second kappa shape index (κ2) is 19.1. The van der Waals surface area contributed by atoms with Crippen LogP contribution in [0.4, 0.5) is 34.1 Å². The zero-order chi connectivity index (χ0) is 49.0. The van der Waals surface area contributed by atoms with Gasteiger partial charge in [0, 0.05) is 33.3 Å². The monoisotopic (exact) mass is 937 g/mol. The van der Waals surface area contributed by atoms with Crippen LogP contribution in [0.5, 0.6) is 0 Å². The topological polar surface area (TPSA) is 6.48 Å². The van der Waals surface area contributed by atoms with Crippen LogP contribution in [-0.4, -0.2) is 0 Å². The molecular weight excluding hydrogens is 869 g/mol. The van der Waals surface area contributed by atoms with Crippen molar-refractivity contribution < 1.29 is 0 Å². The average Bonchev–Trinajstić information content (AvgIpc) is 4.17. The lowest BCUT2D eigenvalue weighted by atomic mass is 9.83. The fourth-order valence-corrected chi connectivity index (χ4v) is 13.1. The summed E-state index contributed by atoms with van der Waals surface area (Å²) in [7, 11) is 0. The zero-order valence-electron chi connectivity index (χ0n) is 43.2. The first-order chi connectivity index (χ1) is 35.2. The Hall–Kier alpha value is -7.16. The Balaban J connectivity index is 1.19. The predicted molar refractivity (Wildman–Crippen MR) is 310 cm³/mol. The summed E-state index contributed by atoms with van der Waals surface area (Å²) in [5.41, 5.74) is 20.5. The van der Waals surface area contributed by atoms with Crippen molar-refractivity contribution in [2.24, 2.45) is 0 Å². The molecule has 2 nitrogen and oxygen atoms in total. The van der Waals surface area contributed by atoms with Crippen LogP contribution in [0.2, 0.25) is 0 Å². The lowest BCUT2D eigenvalue weighted by Gasteiger charge is -2.34. The van der Waals surface area contributed by atoms with Gasteiger partial charge in [0.25, 0.3) is 0 Å². The van der Waals surface area contributed by atoms with Gasteiger partial charge in [-0.1, -0.05) is 199 Å². The van der Waals surface area contributed by atoms with E-state index < -0.39 is 0 Å². The number of rotatable bonds is 12. The number of nitrogens with zero attached hydrogens (tertiary/aromatic N) is 2. The molecule has 72 heavy (non-hydrogen) atoms.